The summed E-state index contributed by atoms with van der Waals surface area (Å²) in [4.78, 5) is 76.9. The predicted octanol–water partition coefficient (Wildman–Crippen LogP) is -9.24. The van der Waals surface area contributed by atoms with E-state index >= 15 is 0 Å². The van der Waals surface area contributed by atoms with Crippen LogP contribution in [0.4, 0.5) is 0 Å². The van der Waals surface area contributed by atoms with Gasteiger partial charge in [0.05, 0.1) is 0 Å². The van der Waals surface area contributed by atoms with Crippen LogP contribution in [-0.4, -0.2) is 41.3 Å². The first-order valence-corrected chi connectivity index (χ1v) is 6.57. The molecule has 0 fully saturated rings. The third-order valence-electron chi connectivity index (χ3n) is 0. The SMILES string of the molecule is O=P([O-])([O-])[O-].O=P([O-])([O-])[O-].O=P([O-])([O-])[O-].[Al+3].[Sn+4].[Zn+2]. The summed E-state index contributed by atoms with van der Waals surface area (Å²) in [5.41, 5.74) is 0. The Kier molecular flexibility index (Phi) is 32.2. The molecule has 18 heteroatoms. The zero-order valence-corrected chi connectivity index (χ0v) is 17.7. The van der Waals surface area contributed by atoms with Crippen LogP contribution >= 0.6 is 23.5 Å². The molecule has 0 amide bonds. The summed E-state index contributed by atoms with van der Waals surface area (Å²) in [7, 11) is -16.2. The van der Waals surface area contributed by atoms with Crippen molar-refractivity contribution in [2.45, 2.75) is 0 Å². The summed E-state index contributed by atoms with van der Waals surface area (Å²) in [6.07, 6.45) is 0. The Balaban J connectivity index is -0.0000000277. The van der Waals surface area contributed by atoms with Crippen molar-refractivity contribution in [1.82, 2.24) is 0 Å². The molecule has 0 rings (SSSR count). The largest absolute Gasteiger partial charge is 4.00 e. The van der Waals surface area contributed by atoms with Gasteiger partial charge in [-0.05, 0) is 0 Å². The summed E-state index contributed by atoms with van der Waals surface area (Å²) in [5.74, 6) is 0. The van der Waals surface area contributed by atoms with E-state index in [1.54, 1.807) is 0 Å². The van der Waals surface area contributed by atoms with Gasteiger partial charge in [0.1, 0.15) is 0 Å². The fourth-order valence-electron chi connectivity index (χ4n) is 0. The molecule has 96 valence electrons. The Morgan fingerprint density at radius 2 is 0.500 bits per heavy atom. The average Bonchev–Trinajstić information content (AvgIpc) is 1.41. The van der Waals surface area contributed by atoms with Crippen LogP contribution in [0.15, 0.2) is 0 Å². The van der Waals surface area contributed by atoms with E-state index in [-0.39, 0.29) is 60.7 Å². The molecule has 0 bridgehead atoms. The van der Waals surface area contributed by atoms with Gasteiger partial charge in [-0.3, -0.25) is 0 Å². The molecule has 0 aromatic heterocycles. The van der Waals surface area contributed by atoms with E-state index in [0.29, 0.717) is 0 Å². The van der Waals surface area contributed by atoms with Crippen LogP contribution < -0.4 is 44.0 Å². The molecular formula is AlO12P3SnZn. The number of hydrogen-bond acceptors (Lipinski definition) is 12. The average molecular weight is 496 g/mol. The third-order valence-corrected chi connectivity index (χ3v) is 0. The van der Waals surface area contributed by atoms with E-state index in [2.05, 4.69) is 0 Å². The van der Waals surface area contributed by atoms with Crippen LogP contribution in [0.1, 0.15) is 0 Å². The first kappa shape index (κ1) is 37.0. The Morgan fingerprint density at radius 1 is 0.500 bits per heavy atom. The summed E-state index contributed by atoms with van der Waals surface area (Å²) in [6, 6.07) is 0. The van der Waals surface area contributed by atoms with Crippen molar-refractivity contribution in [1.29, 1.82) is 0 Å². The fraction of sp³-hybridized carbons (Fsp3) is 0. The third kappa shape index (κ3) is 1050. The van der Waals surface area contributed by atoms with E-state index in [9.17, 15) is 0 Å². The summed E-state index contributed by atoms with van der Waals surface area (Å²) in [6.45, 7) is 0. The van der Waals surface area contributed by atoms with Gasteiger partial charge >= 0.3 is 60.7 Å². The molecule has 0 unspecified atom stereocenters. The fourth-order valence-corrected chi connectivity index (χ4v) is 0. The summed E-state index contributed by atoms with van der Waals surface area (Å²) < 4.78 is 25.6. The van der Waals surface area contributed by atoms with Crippen LogP contribution in [-0.2, 0) is 33.2 Å². The van der Waals surface area contributed by atoms with Crippen molar-refractivity contribution in [2.24, 2.45) is 0 Å². The van der Waals surface area contributed by atoms with Gasteiger partial charge in [-0.25, -0.2) is 0 Å². The minimum Gasteiger partial charge on any atom is -0.822 e. The Labute approximate surface area is 141 Å². The summed E-state index contributed by atoms with van der Waals surface area (Å²) in [5, 5.41) is 0. The Bertz CT molecular complexity index is 213. The molecule has 0 heterocycles. The van der Waals surface area contributed by atoms with E-state index < -0.39 is 23.5 Å². The van der Waals surface area contributed by atoms with Gasteiger partial charge in [0, 0.05) is 0 Å². The second-order valence-electron chi connectivity index (χ2n) is 1.34. The zero-order chi connectivity index (χ0) is 13.5. The minimum atomic E-state index is -5.39. The van der Waals surface area contributed by atoms with Gasteiger partial charge in [-0.2, -0.15) is 23.5 Å². The molecule has 0 N–H and O–H groups in total. The second kappa shape index (κ2) is 15.7. The second-order valence-corrected chi connectivity index (χ2v) is 4.02. The molecule has 0 aliphatic carbocycles. The first-order chi connectivity index (χ1) is 6.00. The maximum Gasteiger partial charge on any atom is 4.00 e. The molecule has 0 saturated heterocycles. The number of hydrogen-bond donors (Lipinski definition) is 0. The van der Waals surface area contributed by atoms with Crippen molar-refractivity contribution < 1.29 is 77.2 Å². The van der Waals surface area contributed by atoms with Crippen molar-refractivity contribution in [3.8, 4) is 0 Å². The van der Waals surface area contributed by atoms with Crippen molar-refractivity contribution in [2.75, 3.05) is 0 Å². The molecule has 12 nitrogen and oxygen atoms in total. The minimum absolute atomic E-state index is 0. The van der Waals surface area contributed by atoms with Crippen LogP contribution in [0.2, 0.25) is 0 Å². The molecule has 18 heavy (non-hydrogen) atoms. The molecule has 0 radical (unpaired) electrons. The molecule has 0 spiro atoms. The maximum absolute atomic E-state index is 8.55. The topological polar surface area (TPSA) is 259 Å². The quantitative estimate of drug-likeness (QED) is 0.224. The molecule has 0 aromatic rings. The standard InChI is InChI=1S/Al.3H3O4P.Sn.Zn/c;3*1-5(2,3)4;;/h;3*(H3,1,2,3,4);;/q+3;;;;+4;+2/p-9. The monoisotopic (exact) mass is 496 g/mol. The molecule has 0 atom stereocenters. The van der Waals surface area contributed by atoms with Gasteiger partial charge in [-0.15, -0.1) is 0 Å². The van der Waals surface area contributed by atoms with Gasteiger partial charge < -0.3 is 57.7 Å². The number of rotatable bonds is 0. The Hall–Kier alpha value is 2.28. The van der Waals surface area contributed by atoms with Gasteiger partial charge in [0.2, 0.25) is 0 Å². The zero-order valence-electron chi connectivity index (χ0n) is 8.03. The number of phosphoric acid groups is 3. The Morgan fingerprint density at radius 3 is 0.500 bits per heavy atom. The predicted molar refractivity (Wildman–Crippen MR) is 34.3 cm³/mol. The molecule has 0 aliphatic rings. The van der Waals surface area contributed by atoms with E-state index in [1.807, 2.05) is 0 Å². The molecular weight excluding hydrogens is 496 g/mol. The van der Waals surface area contributed by atoms with Crippen molar-refractivity contribution in [3.05, 3.63) is 0 Å². The molecule has 0 saturated carbocycles. The normalized spacial score (nSPS) is 9.83. The smallest absolute Gasteiger partial charge is 0.822 e. The van der Waals surface area contributed by atoms with Crippen molar-refractivity contribution >= 4 is 64.7 Å². The van der Waals surface area contributed by atoms with Crippen LogP contribution in [0.3, 0.4) is 0 Å². The van der Waals surface area contributed by atoms with E-state index in [4.69, 9.17) is 57.7 Å². The molecule has 0 aliphatic heterocycles. The van der Waals surface area contributed by atoms with Crippen molar-refractivity contribution in [3.63, 3.8) is 0 Å². The first-order valence-electron chi connectivity index (χ1n) is 2.19. The maximum atomic E-state index is 8.55. The van der Waals surface area contributed by atoms with Crippen LogP contribution in [0.5, 0.6) is 0 Å². The van der Waals surface area contributed by atoms with E-state index in [0.717, 1.165) is 0 Å². The van der Waals surface area contributed by atoms with E-state index in [1.165, 1.54) is 0 Å². The van der Waals surface area contributed by atoms with Gasteiger partial charge in [-0.1, -0.05) is 0 Å². The summed E-state index contributed by atoms with van der Waals surface area (Å²) >= 11 is 0. The molecule has 0 aromatic carbocycles. The van der Waals surface area contributed by atoms with Gasteiger partial charge in [0.15, 0.2) is 0 Å². The van der Waals surface area contributed by atoms with Gasteiger partial charge in [0.25, 0.3) is 0 Å². The van der Waals surface area contributed by atoms with Crippen LogP contribution in [0.25, 0.3) is 0 Å². The van der Waals surface area contributed by atoms with Crippen LogP contribution in [0, 0.1) is 0 Å².